The van der Waals surface area contributed by atoms with Gasteiger partial charge in [-0.15, -0.1) is 0 Å². The van der Waals surface area contributed by atoms with Crippen molar-refractivity contribution in [2.45, 2.75) is 25.7 Å². The fourth-order valence-corrected chi connectivity index (χ4v) is 2.31. The van der Waals surface area contributed by atoms with Crippen molar-refractivity contribution in [3.63, 3.8) is 0 Å². The zero-order chi connectivity index (χ0) is 12.3. The van der Waals surface area contributed by atoms with E-state index >= 15 is 0 Å². The summed E-state index contributed by atoms with van der Waals surface area (Å²) in [5, 5.41) is 0. The monoisotopic (exact) mass is 234 g/mol. The molecule has 17 heavy (non-hydrogen) atoms. The molecule has 0 atom stereocenters. The molecule has 0 saturated heterocycles. The van der Waals surface area contributed by atoms with Crippen LogP contribution in [0.15, 0.2) is 18.2 Å². The molecule has 0 spiro atoms. The summed E-state index contributed by atoms with van der Waals surface area (Å²) in [5.74, 6) is 1.54. The van der Waals surface area contributed by atoms with Crippen LogP contribution >= 0.6 is 0 Å². The molecule has 1 aliphatic rings. The number of nitrogen functional groups attached to an aromatic ring is 1. The van der Waals surface area contributed by atoms with Crippen molar-refractivity contribution in [3.8, 4) is 5.75 Å². The Morgan fingerprint density at radius 3 is 2.65 bits per heavy atom. The highest BCUT2D eigenvalue weighted by atomic mass is 16.5. The predicted octanol–water partition coefficient (Wildman–Crippen LogP) is 2.90. The molecule has 1 fully saturated rings. The molecular formula is C14H22N2O. The molecule has 0 heterocycles. The number of anilines is 2. The Morgan fingerprint density at radius 1 is 1.29 bits per heavy atom. The second-order valence-electron chi connectivity index (χ2n) is 5.08. The minimum Gasteiger partial charge on any atom is -0.491 e. The average Bonchev–Trinajstić information content (AvgIpc) is 2.80. The summed E-state index contributed by atoms with van der Waals surface area (Å²) in [6.45, 7) is 0.807. The summed E-state index contributed by atoms with van der Waals surface area (Å²) in [6.07, 6.45) is 5.29. The van der Waals surface area contributed by atoms with Gasteiger partial charge in [-0.2, -0.15) is 0 Å². The van der Waals surface area contributed by atoms with Crippen LogP contribution in [0.1, 0.15) is 25.7 Å². The smallest absolute Gasteiger partial charge is 0.144 e. The Hall–Kier alpha value is -1.38. The summed E-state index contributed by atoms with van der Waals surface area (Å²) in [4.78, 5) is 2.06. The van der Waals surface area contributed by atoms with Gasteiger partial charge in [0.05, 0.1) is 12.3 Å². The van der Waals surface area contributed by atoms with Crippen molar-refractivity contribution in [2.75, 3.05) is 31.3 Å². The first-order valence-electron chi connectivity index (χ1n) is 6.36. The molecular weight excluding hydrogens is 212 g/mol. The highest BCUT2D eigenvalue weighted by Crippen LogP contribution is 2.30. The van der Waals surface area contributed by atoms with Crippen molar-refractivity contribution in [1.29, 1.82) is 0 Å². The second-order valence-corrected chi connectivity index (χ2v) is 5.08. The lowest BCUT2D eigenvalue weighted by Crippen LogP contribution is -2.11. The summed E-state index contributed by atoms with van der Waals surface area (Å²) in [7, 11) is 4.04. The molecule has 0 unspecified atom stereocenters. The van der Waals surface area contributed by atoms with Crippen molar-refractivity contribution in [3.05, 3.63) is 18.2 Å². The van der Waals surface area contributed by atoms with Gasteiger partial charge in [-0.1, -0.05) is 12.8 Å². The maximum atomic E-state index is 5.93. The average molecular weight is 234 g/mol. The van der Waals surface area contributed by atoms with Gasteiger partial charge >= 0.3 is 0 Å². The van der Waals surface area contributed by atoms with Crippen LogP contribution in [0.2, 0.25) is 0 Å². The SMILES string of the molecule is CN(C)c1ccc(N)c(OCC2CCCC2)c1. The standard InChI is InChI=1S/C14H22N2O/c1-16(2)12-7-8-13(15)14(9-12)17-10-11-5-3-4-6-11/h7-9,11H,3-6,10,15H2,1-2H3. The van der Waals surface area contributed by atoms with Gasteiger partial charge in [0.1, 0.15) is 5.75 Å². The molecule has 1 aromatic rings. The number of nitrogens with two attached hydrogens (primary N) is 1. The minimum atomic E-state index is 0.720. The number of nitrogens with zero attached hydrogens (tertiary/aromatic N) is 1. The highest BCUT2D eigenvalue weighted by molar-refractivity contribution is 5.61. The van der Waals surface area contributed by atoms with Gasteiger partial charge in [0.2, 0.25) is 0 Å². The van der Waals surface area contributed by atoms with E-state index in [2.05, 4.69) is 4.90 Å². The van der Waals surface area contributed by atoms with Crippen LogP contribution in [-0.2, 0) is 0 Å². The molecule has 1 aromatic carbocycles. The van der Waals surface area contributed by atoms with Gasteiger partial charge in [-0.25, -0.2) is 0 Å². The maximum Gasteiger partial charge on any atom is 0.144 e. The third-order valence-electron chi connectivity index (χ3n) is 3.46. The maximum absolute atomic E-state index is 5.93. The molecule has 1 aliphatic carbocycles. The van der Waals surface area contributed by atoms with E-state index in [1.807, 2.05) is 32.3 Å². The molecule has 1 saturated carbocycles. The molecule has 0 radical (unpaired) electrons. The summed E-state index contributed by atoms with van der Waals surface area (Å²) in [5.41, 5.74) is 7.79. The van der Waals surface area contributed by atoms with Crippen molar-refractivity contribution in [2.24, 2.45) is 5.92 Å². The molecule has 2 N–H and O–H groups in total. The Bertz CT molecular complexity index is 370. The van der Waals surface area contributed by atoms with Gasteiger partial charge in [0.15, 0.2) is 0 Å². The van der Waals surface area contributed by atoms with E-state index in [1.165, 1.54) is 25.7 Å². The van der Waals surface area contributed by atoms with Crippen LogP contribution in [0.25, 0.3) is 0 Å². The van der Waals surface area contributed by atoms with Crippen LogP contribution in [0.3, 0.4) is 0 Å². The van der Waals surface area contributed by atoms with Crippen molar-refractivity contribution in [1.82, 2.24) is 0 Å². The lowest BCUT2D eigenvalue weighted by molar-refractivity contribution is 0.253. The van der Waals surface area contributed by atoms with Crippen molar-refractivity contribution >= 4 is 11.4 Å². The first kappa shape index (κ1) is 12.1. The second kappa shape index (κ2) is 5.30. The largest absolute Gasteiger partial charge is 0.491 e. The number of ether oxygens (including phenoxy) is 1. The van der Waals surface area contributed by atoms with Gasteiger partial charge in [-0.3, -0.25) is 0 Å². The van der Waals surface area contributed by atoms with Crippen LogP contribution in [-0.4, -0.2) is 20.7 Å². The van der Waals surface area contributed by atoms with Crippen LogP contribution < -0.4 is 15.4 Å². The fraction of sp³-hybridized carbons (Fsp3) is 0.571. The number of hydrogen-bond donors (Lipinski definition) is 1. The van der Waals surface area contributed by atoms with Crippen LogP contribution in [0, 0.1) is 5.92 Å². The van der Waals surface area contributed by atoms with E-state index in [0.717, 1.165) is 29.6 Å². The van der Waals surface area contributed by atoms with E-state index in [9.17, 15) is 0 Å². The Morgan fingerprint density at radius 2 is 2.00 bits per heavy atom. The molecule has 0 amide bonds. The predicted molar refractivity (Wildman–Crippen MR) is 72.6 cm³/mol. The number of hydrogen-bond acceptors (Lipinski definition) is 3. The summed E-state index contributed by atoms with van der Waals surface area (Å²) in [6, 6.07) is 5.95. The topological polar surface area (TPSA) is 38.5 Å². The molecule has 94 valence electrons. The lowest BCUT2D eigenvalue weighted by atomic mass is 10.1. The van der Waals surface area contributed by atoms with Gasteiger partial charge in [-0.05, 0) is 30.9 Å². The Balaban J connectivity index is 2.00. The lowest BCUT2D eigenvalue weighted by Gasteiger charge is -2.17. The van der Waals surface area contributed by atoms with E-state index < -0.39 is 0 Å². The molecule has 0 aromatic heterocycles. The van der Waals surface area contributed by atoms with Gasteiger partial charge in [0.25, 0.3) is 0 Å². The quantitative estimate of drug-likeness (QED) is 0.814. The fourth-order valence-electron chi connectivity index (χ4n) is 2.31. The van der Waals surface area contributed by atoms with Crippen molar-refractivity contribution < 1.29 is 4.74 Å². The van der Waals surface area contributed by atoms with E-state index in [0.29, 0.717) is 0 Å². The zero-order valence-corrected chi connectivity index (χ0v) is 10.8. The number of rotatable bonds is 4. The Kier molecular flexibility index (Phi) is 3.77. The normalized spacial score (nSPS) is 16.1. The van der Waals surface area contributed by atoms with E-state index in [4.69, 9.17) is 10.5 Å². The summed E-state index contributed by atoms with van der Waals surface area (Å²) < 4.78 is 5.86. The molecule has 3 heteroatoms. The van der Waals surface area contributed by atoms with Crippen LogP contribution in [0.5, 0.6) is 5.75 Å². The Labute approximate surface area is 104 Å². The van der Waals surface area contributed by atoms with E-state index in [1.54, 1.807) is 0 Å². The molecule has 0 bridgehead atoms. The molecule has 2 rings (SSSR count). The third-order valence-corrected chi connectivity index (χ3v) is 3.46. The van der Waals surface area contributed by atoms with E-state index in [-0.39, 0.29) is 0 Å². The summed E-state index contributed by atoms with van der Waals surface area (Å²) >= 11 is 0. The zero-order valence-electron chi connectivity index (χ0n) is 10.8. The van der Waals surface area contributed by atoms with Gasteiger partial charge < -0.3 is 15.4 Å². The first-order chi connectivity index (χ1) is 8.16. The molecule has 0 aliphatic heterocycles. The minimum absolute atomic E-state index is 0.720. The third kappa shape index (κ3) is 3.05. The number of benzene rings is 1. The molecule has 3 nitrogen and oxygen atoms in total. The van der Waals surface area contributed by atoms with Crippen LogP contribution in [0.4, 0.5) is 11.4 Å². The van der Waals surface area contributed by atoms with Gasteiger partial charge in [0, 0.05) is 25.8 Å². The first-order valence-corrected chi connectivity index (χ1v) is 6.36. The highest BCUT2D eigenvalue weighted by Gasteiger charge is 2.16.